The van der Waals surface area contributed by atoms with Gasteiger partial charge in [0.15, 0.2) is 6.29 Å². The number of aliphatic hydroxyl groups is 1. The highest BCUT2D eigenvalue weighted by Crippen LogP contribution is 2.33. The molecule has 0 spiro atoms. The number of nitrogens with zero attached hydrogens (tertiary/aromatic N) is 1. The van der Waals surface area contributed by atoms with Gasteiger partial charge in [-0.25, -0.2) is 4.79 Å². The Morgan fingerprint density at radius 1 is 1.20 bits per heavy atom. The molecule has 184 valence electrons. The van der Waals surface area contributed by atoms with Crippen molar-refractivity contribution in [2.45, 2.75) is 57.8 Å². The Morgan fingerprint density at radius 2 is 2.00 bits per heavy atom. The summed E-state index contributed by atoms with van der Waals surface area (Å²) < 4.78 is 5.73. The summed E-state index contributed by atoms with van der Waals surface area (Å²) in [7, 11) is 0. The van der Waals surface area contributed by atoms with E-state index in [1.165, 1.54) is 22.5 Å². The van der Waals surface area contributed by atoms with Crippen LogP contribution in [-0.4, -0.2) is 40.6 Å². The minimum Gasteiger partial charge on any atom is -0.444 e. The van der Waals surface area contributed by atoms with Crippen LogP contribution >= 0.6 is 22.9 Å². The highest BCUT2D eigenvalue weighted by molar-refractivity contribution is 7.17. The van der Waals surface area contributed by atoms with Crippen molar-refractivity contribution in [2.75, 3.05) is 6.54 Å². The molecule has 35 heavy (non-hydrogen) atoms. The van der Waals surface area contributed by atoms with Gasteiger partial charge in [-0.1, -0.05) is 35.9 Å². The van der Waals surface area contributed by atoms with Crippen LogP contribution in [0.5, 0.6) is 0 Å². The number of hydrogen-bond acceptors (Lipinski definition) is 5. The van der Waals surface area contributed by atoms with Crippen LogP contribution in [0, 0.1) is 0 Å². The Kier molecular flexibility index (Phi) is 7.64. The molecule has 4 rings (SSSR count). The second-order valence-corrected chi connectivity index (χ2v) is 11.5. The maximum atomic E-state index is 13.3. The largest absolute Gasteiger partial charge is 0.444 e. The van der Waals surface area contributed by atoms with Gasteiger partial charge in [0.05, 0.1) is 17.5 Å². The minimum absolute atomic E-state index is 0.114. The molecule has 0 radical (unpaired) electrons. The van der Waals surface area contributed by atoms with Crippen molar-refractivity contribution < 1.29 is 19.4 Å². The lowest BCUT2D eigenvalue weighted by Gasteiger charge is -2.37. The van der Waals surface area contributed by atoms with Gasteiger partial charge in [0.1, 0.15) is 5.60 Å². The predicted octanol–water partition coefficient (Wildman–Crippen LogP) is 6.71. The molecule has 1 N–H and O–H groups in total. The van der Waals surface area contributed by atoms with E-state index in [0.29, 0.717) is 21.9 Å². The maximum absolute atomic E-state index is 13.3. The number of carbonyl (C=O) groups excluding carboxylic acids is 2. The monoisotopic (exact) mass is 511 g/mol. The number of halogens is 1. The Morgan fingerprint density at radius 3 is 2.69 bits per heavy atom. The summed E-state index contributed by atoms with van der Waals surface area (Å²) in [5, 5.41) is 11.5. The Balaban J connectivity index is 1.59. The normalized spacial score (nSPS) is 16.3. The first-order chi connectivity index (χ1) is 16.6. The van der Waals surface area contributed by atoms with E-state index in [4.69, 9.17) is 16.3 Å². The number of hydrogen-bond donors (Lipinski definition) is 1. The number of amides is 1. The minimum atomic E-state index is -0.887. The number of carbonyl (C=O) groups is 2. The number of aryl methyl sites for hydroxylation is 1. The summed E-state index contributed by atoms with van der Waals surface area (Å²) in [5.41, 5.74) is 3.51. The standard InChI is InChI=1S/C28H30ClNO4S/c1-28(2,3)34-27(33)30(16-25(32)19-5-4-6-22(29)14-19)23-10-9-18-7-8-20(13-21(18)15-23)26-12-11-24(17-31)35-26/h4-8,11-14,17,23,25,32H,9-10,15-16H2,1-3H3/t23-,25-/m0/s1. The van der Waals surface area contributed by atoms with Gasteiger partial charge >= 0.3 is 6.09 Å². The van der Waals surface area contributed by atoms with Crippen LogP contribution in [0.2, 0.25) is 5.02 Å². The summed E-state index contributed by atoms with van der Waals surface area (Å²) in [4.78, 5) is 27.8. The highest BCUT2D eigenvalue weighted by Gasteiger charge is 2.33. The van der Waals surface area contributed by atoms with E-state index in [1.807, 2.05) is 32.9 Å². The number of rotatable bonds is 6. The fourth-order valence-electron chi connectivity index (χ4n) is 4.43. The summed E-state index contributed by atoms with van der Waals surface area (Å²) in [6.45, 7) is 5.64. The predicted molar refractivity (Wildman–Crippen MR) is 140 cm³/mol. The van der Waals surface area contributed by atoms with Crippen molar-refractivity contribution in [3.8, 4) is 10.4 Å². The fraction of sp³-hybridized carbons (Fsp3) is 0.357. The molecule has 0 aliphatic heterocycles. The fourth-order valence-corrected chi connectivity index (χ4v) is 5.45. The molecule has 5 nitrogen and oxygen atoms in total. The van der Waals surface area contributed by atoms with E-state index in [9.17, 15) is 14.7 Å². The summed E-state index contributed by atoms with van der Waals surface area (Å²) in [5.74, 6) is 0. The zero-order valence-corrected chi connectivity index (χ0v) is 21.7. The van der Waals surface area contributed by atoms with Crippen molar-refractivity contribution in [2.24, 2.45) is 0 Å². The third kappa shape index (κ3) is 6.31. The van der Waals surface area contributed by atoms with E-state index in [0.717, 1.165) is 29.6 Å². The summed E-state index contributed by atoms with van der Waals surface area (Å²) in [6, 6.07) is 17.1. The molecule has 3 aromatic rings. The van der Waals surface area contributed by atoms with Gasteiger partial charge in [0.25, 0.3) is 0 Å². The van der Waals surface area contributed by atoms with E-state index >= 15 is 0 Å². The summed E-state index contributed by atoms with van der Waals surface area (Å²) in [6.07, 6.45) is 1.82. The van der Waals surface area contributed by atoms with E-state index in [-0.39, 0.29) is 12.6 Å². The maximum Gasteiger partial charge on any atom is 0.410 e. The number of thiophene rings is 1. The molecule has 0 saturated heterocycles. The van der Waals surface area contributed by atoms with E-state index < -0.39 is 17.8 Å². The third-order valence-electron chi connectivity index (χ3n) is 6.11. The smallest absolute Gasteiger partial charge is 0.410 e. The number of benzene rings is 2. The average molecular weight is 512 g/mol. The van der Waals surface area contributed by atoms with Gasteiger partial charge in [-0.05, 0) is 92.6 Å². The number of aliphatic hydroxyl groups excluding tert-OH is 1. The van der Waals surface area contributed by atoms with Crippen molar-refractivity contribution >= 4 is 35.3 Å². The van der Waals surface area contributed by atoms with Crippen LogP contribution in [0.25, 0.3) is 10.4 Å². The van der Waals surface area contributed by atoms with Crippen LogP contribution in [0.4, 0.5) is 4.79 Å². The lowest BCUT2D eigenvalue weighted by atomic mass is 9.86. The first-order valence-corrected chi connectivity index (χ1v) is 12.9. The first kappa shape index (κ1) is 25.4. The molecule has 1 aliphatic carbocycles. The first-order valence-electron chi connectivity index (χ1n) is 11.7. The van der Waals surface area contributed by atoms with E-state index in [2.05, 4.69) is 18.2 Å². The molecule has 1 heterocycles. The number of aldehydes is 1. The lowest BCUT2D eigenvalue weighted by Crippen LogP contribution is -2.47. The SMILES string of the molecule is CC(C)(C)OC(=O)N(C[C@H](O)c1cccc(Cl)c1)[C@H]1CCc2ccc(-c3ccc(C=O)s3)cc2C1. The van der Waals surface area contributed by atoms with Crippen LogP contribution in [0.3, 0.4) is 0 Å². The highest BCUT2D eigenvalue weighted by atomic mass is 35.5. The Bertz CT molecular complexity index is 1220. The second kappa shape index (κ2) is 10.5. The van der Waals surface area contributed by atoms with E-state index in [1.54, 1.807) is 29.2 Å². The quantitative estimate of drug-likeness (QED) is 0.373. The molecule has 2 atom stereocenters. The van der Waals surface area contributed by atoms with Crippen LogP contribution in [0.1, 0.15) is 59.7 Å². The molecular weight excluding hydrogens is 482 g/mol. The Labute approximate surface area is 215 Å². The third-order valence-corrected chi connectivity index (χ3v) is 7.40. The van der Waals surface area contributed by atoms with Gasteiger partial charge in [-0.2, -0.15) is 0 Å². The second-order valence-electron chi connectivity index (χ2n) is 9.90. The number of ether oxygens (including phenoxy) is 1. The molecule has 0 unspecified atom stereocenters. The van der Waals surface area contributed by atoms with Crippen molar-refractivity contribution in [3.05, 3.63) is 81.2 Å². The molecule has 0 saturated carbocycles. The van der Waals surface area contributed by atoms with Crippen molar-refractivity contribution in [1.29, 1.82) is 0 Å². The van der Waals surface area contributed by atoms with Crippen molar-refractivity contribution in [3.63, 3.8) is 0 Å². The van der Waals surface area contributed by atoms with Gasteiger partial charge in [-0.15, -0.1) is 11.3 Å². The molecule has 0 fully saturated rings. The zero-order valence-electron chi connectivity index (χ0n) is 20.2. The zero-order chi connectivity index (χ0) is 25.2. The van der Waals surface area contributed by atoms with Gasteiger partial charge in [0.2, 0.25) is 0 Å². The van der Waals surface area contributed by atoms with Crippen LogP contribution in [-0.2, 0) is 17.6 Å². The topological polar surface area (TPSA) is 66.8 Å². The molecule has 0 bridgehead atoms. The lowest BCUT2D eigenvalue weighted by molar-refractivity contribution is 0.00195. The van der Waals surface area contributed by atoms with Gasteiger partial charge in [0, 0.05) is 15.9 Å². The molecule has 7 heteroatoms. The van der Waals surface area contributed by atoms with Gasteiger partial charge < -0.3 is 14.7 Å². The molecule has 1 aliphatic rings. The molecule has 1 amide bonds. The van der Waals surface area contributed by atoms with Crippen LogP contribution in [0.15, 0.2) is 54.6 Å². The van der Waals surface area contributed by atoms with Gasteiger partial charge in [-0.3, -0.25) is 4.79 Å². The molecular formula is C28H30ClNO4S. The average Bonchev–Trinajstić information content (AvgIpc) is 3.30. The number of fused-ring (bicyclic) bond motifs is 1. The molecule has 1 aromatic heterocycles. The summed E-state index contributed by atoms with van der Waals surface area (Å²) >= 11 is 7.59. The van der Waals surface area contributed by atoms with Crippen molar-refractivity contribution in [1.82, 2.24) is 4.90 Å². The Hall–Kier alpha value is -2.67. The van der Waals surface area contributed by atoms with Crippen LogP contribution < -0.4 is 0 Å². The molecule has 2 aromatic carbocycles.